The van der Waals surface area contributed by atoms with E-state index in [1.54, 1.807) is 32.2 Å². The summed E-state index contributed by atoms with van der Waals surface area (Å²) >= 11 is 1.30. The van der Waals surface area contributed by atoms with E-state index in [1.807, 2.05) is 30.3 Å². The SMILES string of the molecule is CCN1C(=O)C(Sc2ccccc2)=C(c2ccc(OC)c(OC)c2)C1=O. The van der Waals surface area contributed by atoms with Crippen LogP contribution in [0.25, 0.3) is 5.57 Å². The van der Waals surface area contributed by atoms with Crippen LogP contribution < -0.4 is 9.47 Å². The van der Waals surface area contributed by atoms with Crippen LogP contribution in [0.3, 0.4) is 0 Å². The Morgan fingerprint density at radius 1 is 0.923 bits per heavy atom. The van der Waals surface area contributed by atoms with Gasteiger partial charge in [0.25, 0.3) is 11.8 Å². The van der Waals surface area contributed by atoms with Crippen LogP contribution in [0.2, 0.25) is 0 Å². The summed E-state index contributed by atoms with van der Waals surface area (Å²) in [5, 5.41) is 0. The van der Waals surface area contributed by atoms with Gasteiger partial charge in [0.2, 0.25) is 0 Å². The fourth-order valence-electron chi connectivity index (χ4n) is 2.79. The van der Waals surface area contributed by atoms with E-state index in [1.165, 1.54) is 23.8 Å². The number of hydrogen-bond acceptors (Lipinski definition) is 5. The Morgan fingerprint density at radius 2 is 1.62 bits per heavy atom. The molecule has 2 amide bonds. The van der Waals surface area contributed by atoms with Gasteiger partial charge in [-0.15, -0.1) is 0 Å². The van der Waals surface area contributed by atoms with Crippen LogP contribution in [0.4, 0.5) is 0 Å². The molecule has 3 rings (SSSR count). The second-order valence-corrected chi connectivity index (χ2v) is 6.63. The molecule has 0 radical (unpaired) electrons. The molecule has 0 atom stereocenters. The number of rotatable bonds is 6. The lowest BCUT2D eigenvalue weighted by Crippen LogP contribution is -2.31. The summed E-state index contributed by atoms with van der Waals surface area (Å²) in [4.78, 5) is 28.2. The number of likely N-dealkylation sites (N-methyl/N-ethyl adjacent to an activating group) is 1. The number of methoxy groups -OCH3 is 2. The summed E-state index contributed by atoms with van der Waals surface area (Å²) in [5.74, 6) is 0.522. The first-order chi connectivity index (χ1) is 12.6. The third-order valence-electron chi connectivity index (χ3n) is 4.08. The maximum absolute atomic E-state index is 12.9. The smallest absolute Gasteiger partial charge is 0.268 e. The summed E-state index contributed by atoms with van der Waals surface area (Å²) in [6.45, 7) is 2.12. The number of carbonyl (C=O) groups is 2. The largest absolute Gasteiger partial charge is 0.493 e. The molecular weight excluding hydrogens is 350 g/mol. The van der Waals surface area contributed by atoms with Crippen molar-refractivity contribution in [2.24, 2.45) is 0 Å². The molecule has 0 spiro atoms. The zero-order valence-corrected chi connectivity index (χ0v) is 15.6. The van der Waals surface area contributed by atoms with Gasteiger partial charge in [0, 0.05) is 11.4 Å². The van der Waals surface area contributed by atoms with Crippen molar-refractivity contribution in [2.75, 3.05) is 20.8 Å². The van der Waals surface area contributed by atoms with Gasteiger partial charge in [0.1, 0.15) is 0 Å². The fraction of sp³-hybridized carbons (Fsp3) is 0.200. The molecule has 2 aromatic rings. The minimum Gasteiger partial charge on any atom is -0.493 e. The van der Waals surface area contributed by atoms with Crippen molar-refractivity contribution in [3.63, 3.8) is 0 Å². The Labute approximate surface area is 156 Å². The number of nitrogens with zero attached hydrogens (tertiary/aromatic N) is 1. The van der Waals surface area contributed by atoms with E-state index in [0.717, 1.165) is 4.90 Å². The van der Waals surface area contributed by atoms with Gasteiger partial charge in [-0.25, -0.2) is 0 Å². The average Bonchev–Trinajstić information content (AvgIpc) is 2.91. The van der Waals surface area contributed by atoms with E-state index in [-0.39, 0.29) is 11.8 Å². The highest BCUT2D eigenvalue weighted by molar-refractivity contribution is 8.04. The van der Waals surface area contributed by atoms with Gasteiger partial charge in [-0.05, 0) is 36.8 Å². The Hall–Kier alpha value is -2.73. The number of thioether (sulfide) groups is 1. The van der Waals surface area contributed by atoms with Crippen LogP contribution in [0.15, 0.2) is 58.3 Å². The molecule has 1 aliphatic heterocycles. The van der Waals surface area contributed by atoms with Crippen LogP contribution in [0, 0.1) is 0 Å². The quantitative estimate of drug-likeness (QED) is 0.728. The van der Waals surface area contributed by atoms with E-state index in [2.05, 4.69) is 0 Å². The normalized spacial score (nSPS) is 14.2. The molecule has 0 N–H and O–H groups in total. The van der Waals surface area contributed by atoms with Gasteiger partial charge in [0.15, 0.2) is 11.5 Å². The van der Waals surface area contributed by atoms with E-state index >= 15 is 0 Å². The number of ether oxygens (including phenoxy) is 2. The first-order valence-corrected chi connectivity index (χ1v) is 8.98. The van der Waals surface area contributed by atoms with Crippen molar-refractivity contribution in [3.05, 3.63) is 59.0 Å². The van der Waals surface area contributed by atoms with Crippen LogP contribution in [-0.4, -0.2) is 37.5 Å². The van der Waals surface area contributed by atoms with Gasteiger partial charge in [-0.2, -0.15) is 0 Å². The first-order valence-electron chi connectivity index (χ1n) is 8.16. The molecule has 0 saturated heterocycles. The lowest BCUT2D eigenvalue weighted by Gasteiger charge is -2.12. The van der Waals surface area contributed by atoms with Gasteiger partial charge >= 0.3 is 0 Å². The Kier molecular flexibility index (Phi) is 5.32. The van der Waals surface area contributed by atoms with Gasteiger partial charge in [-0.1, -0.05) is 36.0 Å². The monoisotopic (exact) mass is 369 g/mol. The lowest BCUT2D eigenvalue weighted by molar-refractivity contribution is -0.136. The van der Waals surface area contributed by atoms with E-state index in [9.17, 15) is 9.59 Å². The minimum absolute atomic E-state index is 0.267. The third-order valence-corrected chi connectivity index (χ3v) is 5.17. The zero-order valence-electron chi connectivity index (χ0n) is 14.8. The molecule has 2 aromatic carbocycles. The number of hydrogen-bond donors (Lipinski definition) is 0. The molecule has 26 heavy (non-hydrogen) atoms. The standard InChI is InChI=1S/C20H19NO4S/c1-4-21-19(22)17(13-10-11-15(24-2)16(12-13)25-3)18(20(21)23)26-14-8-6-5-7-9-14/h5-12H,4H2,1-3H3. The minimum atomic E-state index is -0.289. The number of carbonyl (C=O) groups excluding carboxylic acids is 2. The van der Waals surface area contributed by atoms with E-state index in [0.29, 0.717) is 34.1 Å². The van der Waals surface area contributed by atoms with Gasteiger partial charge in [0.05, 0.1) is 24.7 Å². The number of amides is 2. The maximum Gasteiger partial charge on any atom is 0.268 e. The highest BCUT2D eigenvalue weighted by Gasteiger charge is 2.38. The van der Waals surface area contributed by atoms with Crippen LogP contribution in [0.5, 0.6) is 11.5 Å². The van der Waals surface area contributed by atoms with Crippen molar-refractivity contribution < 1.29 is 19.1 Å². The van der Waals surface area contributed by atoms with Crippen molar-refractivity contribution in [3.8, 4) is 11.5 Å². The predicted molar refractivity (Wildman–Crippen MR) is 101 cm³/mol. The summed E-state index contributed by atoms with van der Waals surface area (Å²) in [5.41, 5.74) is 1.03. The first kappa shape index (κ1) is 18.1. The summed E-state index contributed by atoms with van der Waals surface area (Å²) in [7, 11) is 3.09. The van der Waals surface area contributed by atoms with Crippen LogP contribution in [-0.2, 0) is 9.59 Å². The molecule has 0 fully saturated rings. The molecule has 0 unspecified atom stereocenters. The number of benzene rings is 2. The molecule has 5 nitrogen and oxygen atoms in total. The average molecular weight is 369 g/mol. The molecule has 0 bridgehead atoms. The highest BCUT2D eigenvalue weighted by atomic mass is 32.2. The van der Waals surface area contributed by atoms with Gasteiger partial charge in [-0.3, -0.25) is 14.5 Å². The second kappa shape index (κ2) is 7.66. The lowest BCUT2D eigenvalue weighted by atomic mass is 10.1. The third kappa shape index (κ3) is 3.20. The van der Waals surface area contributed by atoms with Crippen LogP contribution >= 0.6 is 11.8 Å². The molecule has 134 valence electrons. The molecule has 1 heterocycles. The molecular formula is C20H19NO4S. The van der Waals surface area contributed by atoms with Gasteiger partial charge < -0.3 is 9.47 Å². The summed E-state index contributed by atoms with van der Waals surface area (Å²) in [6.07, 6.45) is 0. The molecule has 6 heteroatoms. The van der Waals surface area contributed by atoms with Crippen molar-refractivity contribution in [1.82, 2.24) is 4.90 Å². The topological polar surface area (TPSA) is 55.8 Å². The van der Waals surface area contributed by atoms with Crippen molar-refractivity contribution in [2.45, 2.75) is 11.8 Å². The summed E-state index contributed by atoms with van der Waals surface area (Å²) in [6, 6.07) is 14.8. The molecule has 1 aliphatic rings. The highest BCUT2D eigenvalue weighted by Crippen LogP contribution is 2.41. The maximum atomic E-state index is 12.9. The predicted octanol–water partition coefficient (Wildman–Crippen LogP) is 3.60. The molecule has 0 saturated carbocycles. The Balaban J connectivity index is 2.12. The zero-order chi connectivity index (χ0) is 18.7. The van der Waals surface area contributed by atoms with E-state index < -0.39 is 0 Å². The fourth-order valence-corrected chi connectivity index (χ4v) is 3.82. The molecule has 0 aliphatic carbocycles. The second-order valence-electron chi connectivity index (χ2n) is 5.54. The van der Waals surface area contributed by atoms with Crippen LogP contribution in [0.1, 0.15) is 12.5 Å². The van der Waals surface area contributed by atoms with E-state index in [4.69, 9.17) is 9.47 Å². The Morgan fingerprint density at radius 3 is 2.23 bits per heavy atom. The van der Waals surface area contributed by atoms with Crippen molar-refractivity contribution in [1.29, 1.82) is 0 Å². The summed E-state index contributed by atoms with van der Waals surface area (Å²) < 4.78 is 10.6. The molecule has 0 aromatic heterocycles. The number of imide groups is 1. The van der Waals surface area contributed by atoms with Crippen molar-refractivity contribution >= 4 is 29.1 Å². The Bertz CT molecular complexity index is 877.